The van der Waals surface area contributed by atoms with Crippen LogP contribution in [0.3, 0.4) is 0 Å². The molecular weight excluding hydrogens is 270 g/mol. The molecule has 0 bridgehead atoms. The number of ether oxygens (including phenoxy) is 2. The average molecular weight is 287 g/mol. The standard InChI is InChI=1S/C15H17N3O3/c19-15(17-5-4-12-9-16-10-18-12)11-2-3-13-14(8-11)21-7-1-6-20-13/h2-3,8-10H,1,4-7H2,(H,16,18)(H,17,19). The summed E-state index contributed by atoms with van der Waals surface area (Å²) in [6, 6.07) is 5.26. The van der Waals surface area contributed by atoms with E-state index in [1.807, 2.05) is 0 Å². The summed E-state index contributed by atoms with van der Waals surface area (Å²) >= 11 is 0. The van der Waals surface area contributed by atoms with Crippen molar-refractivity contribution in [3.05, 3.63) is 42.0 Å². The lowest BCUT2D eigenvalue weighted by molar-refractivity contribution is 0.0953. The molecule has 21 heavy (non-hydrogen) atoms. The Labute approximate surface area is 122 Å². The van der Waals surface area contributed by atoms with Crippen molar-refractivity contribution >= 4 is 5.91 Å². The highest BCUT2D eigenvalue weighted by Crippen LogP contribution is 2.30. The molecule has 0 atom stereocenters. The van der Waals surface area contributed by atoms with E-state index in [1.54, 1.807) is 30.7 Å². The van der Waals surface area contributed by atoms with E-state index in [0.717, 1.165) is 18.5 Å². The van der Waals surface area contributed by atoms with Gasteiger partial charge in [-0.2, -0.15) is 0 Å². The lowest BCUT2D eigenvalue weighted by Crippen LogP contribution is -2.25. The number of hydrogen-bond acceptors (Lipinski definition) is 4. The van der Waals surface area contributed by atoms with Gasteiger partial charge in [-0.05, 0) is 18.2 Å². The van der Waals surface area contributed by atoms with Crippen LogP contribution in [-0.2, 0) is 6.42 Å². The number of nitrogens with one attached hydrogen (secondary N) is 2. The van der Waals surface area contributed by atoms with Crippen LogP contribution in [-0.4, -0.2) is 35.6 Å². The second-order valence-electron chi connectivity index (χ2n) is 4.79. The maximum Gasteiger partial charge on any atom is 0.251 e. The number of hydrogen-bond donors (Lipinski definition) is 2. The number of H-pyrrole nitrogens is 1. The second-order valence-corrected chi connectivity index (χ2v) is 4.79. The smallest absolute Gasteiger partial charge is 0.251 e. The largest absolute Gasteiger partial charge is 0.490 e. The molecule has 1 aliphatic rings. The molecule has 110 valence electrons. The zero-order valence-electron chi connectivity index (χ0n) is 11.6. The minimum atomic E-state index is -0.120. The van der Waals surface area contributed by atoms with Crippen LogP contribution >= 0.6 is 0 Å². The molecule has 0 unspecified atom stereocenters. The molecule has 6 heteroatoms. The van der Waals surface area contributed by atoms with Crippen LogP contribution < -0.4 is 14.8 Å². The fourth-order valence-electron chi connectivity index (χ4n) is 2.14. The number of rotatable bonds is 4. The van der Waals surface area contributed by atoms with Gasteiger partial charge >= 0.3 is 0 Å². The molecule has 0 radical (unpaired) electrons. The number of imidazole rings is 1. The van der Waals surface area contributed by atoms with Gasteiger partial charge in [-0.3, -0.25) is 4.79 Å². The first kappa shape index (κ1) is 13.5. The van der Waals surface area contributed by atoms with Gasteiger partial charge in [-0.1, -0.05) is 0 Å². The predicted octanol–water partition coefficient (Wildman–Crippen LogP) is 1.54. The Bertz CT molecular complexity index is 611. The van der Waals surface area contributed by atoms with Crippen molar-refractivity contribution < 1.29 is 14.3 Å². The first-order chi connectivity index (χ1) is 10.3. The van der Waals surface area contributed by atoms with Crippen LogP contribution in [0.15, 0.2) is 30.7 Å². The van der Waals surface area contributed by atoms with Gasteiger partial charge in [-0.15, -0.1) is 0 Å². The summed E-state index contributed by atoms with van der Waals surface area (Å²) in [7, 11) is 0. The van der Waals surface area contributed by atoms with E-state index in [0.29, 0.717) is 36.8 Å². The van der Waals surface area contributed by atoms with Crippen molar-refractivity contribution in [2.45, 2.75) is 12.8 Å². The SMILES string of the molecule is O=C(NCCc1cnc[nH]1)c1ccc2c(c1)OCCCO2. The molecule has 1 aliphatic heterocycles. The summed E-state index contributed by atoms with van der Waals surface area (Å²) in [5.74, 6) is 1.21. The average Bonchev–Trinajstić information content (AvgIpc) is 2.90. The Morgan fingerprint density at radius 1 is 1.29 bits per heavy atom. The fraction of sp³-hybridized carbons (Fsp3) is 0.333. The molecule has 3 rings (SSSR count). The van der Waals surface area contributed by atoms with Crippen molar-refractivity contribution in [3.8, 4) is 11.5 Å². The van der Waals surface area contributed by atoms with Crippen molar-refractivity contribution in [1.29, 1.82) is 0 Å². The number of carbonyl (C=O) groups is 1. The number of aromatic nitrogens is 2. The summed E-state index contributed by atoms with van der Waals surface area (Å²) in [6.45, 7) is 1.80. The number of aromatic amines is 1. The Morgan fingerprint density at radius 2 is 2.14 bits per heavy atom. The predicted molar refractivity (Wildman–Crippen MR) is 76.7 cm³/mol. The lowest BCUT2D eigenvalue weighted by atomic mass is 10.2. The number of benzene rings is 1. The van der Waals surface area contributed by atoms with Crippen LogP contribution in [0.1, 0.15) is 22.5 Å². The maximum atomic E-state index is 12.1. The Kier molecular flexibility index (Phi) is 4.04. The third-order valence-corrected chi connectivity index (χ3v) is 3.24. The van der Waals surface area contributed by atoms with Gasteiger partial charge in [0.2, 0.25) is 0 Å². The van der Waals surface area contributed by atoms with Crippen LogP contribution in [0.25, 0.3) is 0 Å². The first-order valence-corrected chi connectivity index (χ1v) is 6.98. The molecule has 2 aromatic rings. The highest BCUT2D eigenvalue weighted by Gasteiger charge is 2.13. The summed E-state index contributed by atoms with van der Waals surface area (Å²) in [6.07, 6.45) is 4.94. The van der Waals surface area contributed by atoms with E-state index in [4.69, 9.17) is 9.47 Å². The van der Waals surface area contributed by atoms with E-state index in [-0.39, 0.29) is 5.91 Å². The second kappa shape index (κ2) is 6.30. The molecule has 0 fully saturated rings. The Hall–Kier alpha value is -2.50. The van der Waals surface area contributed by atoms with Gasteiger partial charge in [0.25, 0.3) is 5.91 Å². The third-order valence-electron chi connectivity index (χ3n) is 3.24. The van der Waals surface area contributed by atoms with E-state index >= 15 is 0 Å². The van der Waals surface area contributed by atoms with Crippen molar-refractivity contribution in [2.75, 3.05) is 19.8 Å². The normalized spacial score (nSPS) is 13.5. The number of fused-ring (bicyclic) bond motifs is 1. The van der Waals surface area contributed by atoms with E-state index < -0.39 is 0 Å². The molecule has 0 aliphatic carbocycles. The van der Waals surface area contributed by atoms with Crippen molar-refractivity contribution in [3.63, 3.8) is 0 Å². The monoisotopic (exact) mass is 287 g/mol. The maximum absolute atomic E-state index is 12.1. The third kappa shape index (κ3) is 3.34. The van der Waals surface area contributed by atoms with Crippen LogP contribution in [0.5, 0.6) is 11.5 Å². The highest BCUT2D eigenvalue weighted by atomic mass is 16.5. The molecule has 2 N–H and O–H groups in total. The molecule has 1 aromatic heterocycles. The molecular formula is C15H17N3O3. The molecule has 2 heterocycles. The fourth-order valence-corrected chi connectivity index (χ4v) is 2.14. The molecule has 1 aromatic carbocycles. The van der Waals surface area contributed by atoms with Gasteiger partial charge in [-0.25, -0.2) is 4.98 Å². The zero-order valence-corrected chi connectivity index (χ0v) is 11.6. The van der Waals surface area contributed by atoms with Gasteiger partial charge in [0.05, 0.1) is 19.5 Å². The number of nitrogens with zero attached hydrogens (tertiary/aromatic N) is 1. The molecule has 1 amide bonds. The zero-order chi connectivity index (χ0) is 14.5. The lowest BCUT2D eigenvalue weighted by Gasteiger charge is -2.09. The molecule has 6 nitrogen and oxygen atoms in total. The van der Waals surface area contributed by atoms with E-state index in [1.165, 1.54) is 0 Å². The van der Waals surface area contributed by atoms with Crippen LogP contribution in [0.4, 0.5) is 0 Å². The first-order valence-electron chi connectivity index (χ1n) is 6.98. The van der Waals surface area contributed by atoms with Gasteiger partial charge in [0, 0.05) is 36.8 Å². The molecule has 0 spiro atoms. The Balaban J connectivity index is 1.60. The minimum Gasteiger partial charge on any atom is -0.490 e. The van der Waals surface area contributed by atoms with E-state index in [2.05, 4.69) is 15.3 Å². The van der Waals surface area contributed by atoms with Gasteiger partial charge < -0.3 is 19.8 Å². The van der Waals surface area contributed by atoms with Gasteiger partial charge in [0.15, 0.2) is 11.5 Å². The topological polar surface area (TPSA) is 76.2 Å². The van der Waals surface area contributed by atoms with Gasteiger partial charge in [0.1, 0.15) is 0 Å². The summed E-state index contributed by atoms with van der Waals surface area (Å²) in [4.78, 5) is 19.0. The van der Waals surface area contributed by atoms with E-state index in [9.17, 15) is 4.79 Å². The Morgan fingerprint density at radius 3 is 2.95 bits per heavy atom. The van der Waals surface area contributed by atoms with Crippen LogP contribution in [0, 0.1) is 0 Å². The molecule has 0 saturated carbocycles. The summed E-state index contributed by atoms with van der Waals surface area (Å²) in [5.41, 5.74) is 1.57. The quantitative estimate of drug-likeness (QED) is 0.894. The summed E-state index contributed by atoms with van der Waals surface area (Å²) in [5, 5.41) is 2.88. The minimum absolute atomic E-state index is 0.120. The number of amides is 1. The highest BCUT2D eigenvalue weighted by molar-refractivity contribution is 5.94. The molecule has 0 saturated heterocycles. The number of carbonyl (C=O) groups excluding carboxylic acids is 1. The van der Waals surface area contributed by atoms with Crippen LogP contribution in [0.2, 0.25) is 0 Å². The summed E-state index contributed by atoms with van der Waals surface area (Å²) < 4.78 is 11.1. The van der Waals surface area contributed by atoms with Crippen molar-refractivity contribution in [2.24, 2.45) is 0 Å². The van der Waals surface area contributed by atoms with Crippen molar-refractivity contribution in [1.82, 2.24) is 15.3 Å².